The first kappa shape index (κ1) is 12.7. The van der Waals surface area contributed by atoms with Gasteiger partial charge >= 0.3 is 0 Å². The van der Waals surface area contributed by atoms with Gasteiger partial charge in [-0.1, -0.05) is 0 Å². The maximum atomic E-state index is 11.0. The highest BCUT2D eigenvalue weighted by Gasteiger charge is 2.17. The second kappa shape index (κ2) is 5.13. The highest BCUT2D eigenvalue weighted by Crippen LogP contribution is 2.29. The van der Waals surface area contributed by atoms with E-state index in [2.05, 4.69) is 0 Å². The van der Waals surface area contributed by atoms with E-state index in [1.54, 1.807) is 11.0 Å². The third kappa shape index (κ3) is 2.42. The van der Waals surface area contributed by atoms with Crippen molar-refractivity contribution in [3.8, 4) is 0 Å². The lowest BCUT2D eigenvalue weighted by atomic mass is 10.1. The van der Waals surface area contributed by atoms with Crippen LogP contribution in [0, 0.1) is 0 Å². The van der Waals surface area contributed by atoms with Crippen molar-refractivity contribution in [3.63, 3.8) is 0 Å². The van der Waals surface area contributed by atoms with Crippen molar-refractivity contribution in [2.24, 2.45) is 0 Å². The molecule has 0 spiro atoms. The van der Waals surface area contributed by atoms with Gasteiger partial charge in [0.15, 0.2) is 0 Å². The lowest BCUT2D eigenvalue weighted by molar-refractivity contribution is 0.108. The predicted octanol–water partition coefficient (Wildman–Crippen LogP) is 2.05. The SMILES string of the molecule is O=C(Cl)c1cc(NO)c(NO)c(C(=O)Cl)c1. The number of carbonyl (C=O) groups excluding carboxylic acids is 2. The smallest absolute Gasteiger partial charge is 0.254 e. The molecular weight excluding hydrogens is 259 g/mol. The Kier molecular flexibility index (Phi) is 4.08. The molecule has 0 unspecified atom stereocenters. The lowest BCUT2D eigenvalue weighted by Crippen LogP contribution is -2.06. The van der Waals surface area contributed by atoms with Crippen molar-refractivity contribution in [1.82, 2.24) is 0 Å². The molecule has 1 aromatic carbocycles. The van der Waals surface area contributed by atoms with E-state index in [1.807, 2.05) is 0 Å². The van der Waals surface area contributed by atoms with Crippen LogP contribution >= 0.6 is 23.2 Å². The van der Waals surface area contributed by atoms with Crippen LogP contribution in [0.15, 0.2) is 12.1 Å². The highest BCUT2D eigenvalue weighted by molar-refractivity contribution is 6.69. The molecule has 0 radical (unpaired) electrons. The van der Waals surface area contributed by atoms with E-state index in [4.69, 9.17) is 33.6 Å². The Hall–Kier alpha value is -1.34. The molecule has 4 N–H and O–H groups in total. The van der Waals surface area contributed by atoms with Crippen LogP contribution in [0.3, 0.4) is 0 Å². The summed E-state index contributed by atoms with van der Waals surface area (Å²) in [5.74, 6) is 0. The largest absolute Gasteiger partial charge is 0.291 e. The first-order valence-electron chi connectivity index (χ1n) is 3.89. The van der Waals surface area contributed by atoms with E-state index < -0.39 is 10.5 Å². The Morgan fingerprint density at radius 1 is 1.06 bits per heavy atom. The Morgan fingerprint density at radius 3 is 2.06 bits per heavy atom. The van der Waals surface area contributed by atoms with Gasteiger partial charge in [0.05, 0.1) is 16.9 Å². The van der Waals surface area contributed by atoms with Crippen molar-refractivity contribution in [2.75, 3.05) is 11.0 Å². The molecule has 0 aromatic heterocycles. The topological polar surface area (TPSA) is 98.7 Å². The Labute approximate surface area is 99.7 Å². The minimum Gasteiger partial charge on any atom is -0.291 e. The molecule has 0 bridgehead atoms. The summed E-state index contributed by atoms with van der Waals surface area (Å²) < 4.78 is 0. The summed E-state index contributed by atoms with van der Waals surface area (Å²) in [6, 6.07) is 2.22. The van der Waals surface area contributed by atoms with Crippen LogP contribution in [0.25, 0.3) is 0 Å². The molecule has 8 heteroatoms. The van der Waals surface area contributed by atoms with Gasteiger partial charge in [0.25, 0.3) is 10.5 Å². The van der Waals surface area contributed by atoms with Gasteiger partial charge in [-0.15, -0.1) is 0 Å². The van der Waals surface area contributed by atoms with Crippen molar-refractivity contribution in [1.29, 1.82) is 0 Å². The van der Waals surface area contributed by atoms with Gasteiger partial charge in [0.2, 0.25) is 0 Å². The third-order valence-corrected chi connectivity index (χ3v) is 2.23. The van der Waals surface area contributed by atoms with Crippen LogP contribution in [0.2, 0.25) is 0 Å². The van der Waals surface area contributed by atoms with Gasteiger partial charge < -0.3 is 0 Å². The molecule has 0 amide bonds. The molecule has 1 aromatic rings. The van der Waals surface area contributed by atoms with E-state index in [-0.39, 0.29) is 22.5 Å². The van der Waals surface area contributed by atoms with Crippen LogP contribution in [-0.4, -0.2) is 20.9 Å². The van der Waals surface area contributed by atoms with Crippen LogP contribution < -0.4 is 11.0 Å². The Balaban J connectivity index is 3.49. The third-order valence-electron chi connectivity index (χ3n) is 1.81. The highest BCUT2D eigenvalue weighted by atomic mass is 35.5. The molecule has 0 atom stereocenters. The summed E-state index contributed by atoms with van der Waals surface area (Å²) in [7, 11) is 0. The number of benzene rings is 1. The molecule has 0 aliphatic carbocycles. The van der Waals surface area contributed by atoms with Gasteiger partial charge in [-0.25, -0.2) is 0 Å². The van der Waals surface area contributed by atoms with Crippen LogP contribution in [0.4, 0.5) is 11.4 Å². The number of nitrogens with one attached hydrogen (secondary N) is 2. The van der Waals surface area contributed by atoms with Gasteiger partial charge in [0.1, 0.15) is 0 Å². The summed E-state index contributed by atoms with van der Waals surface area (Å²) >= 11 is 10.5. The summed E-state index contributed by atoms with van der Waals surface area (Å²) in [4.78, 5) is 21.9. The van der Waals surface area contributed by atoms with E-state index >= 15 is 0 Å². The minimum atomic E-state index is -0.923. The van der Waals surface area contributed by atoms with E-state index in [9.17, 15) is 9.59 Å². The predicted molar refractivity (Wildman–Crippen MR) is 57.6 cm³/mol. The average molecular weight is 265 g/mol. The molecule has 0 aliphatic rings. The molecule has 0 saturated heterocycles. The summed E-state index contributed by atoms with van der Waals surface area (Å²) in [5, 5.41) is 15.8. The summed E-state index contributed by atoms with van der Waals surface area (Å²) in [6.45, 7) is 0. The van der Waals surface area contributed by atoms with Gasteiger partial charge in [-0.3, -0.25) is 31.0 Å². The number of hydrogen-bond donors (Lipinski definition) is 4. The molecule has 86 valence electrons. The molecule has 6 nitrogen and oxygen atoms in total. The second-order valence-corrected chi connectivity index (χ2v) is 3.40. The van der Waals surface area contributed by atoms with Crippen LogP contribution in [0.1, 0.15) is 20.7 Å². The van der Waals surface area contributed by atoms with Crippen molar-refractivity contribution in [3.05, 3.63) is 23.3 Å². The maximum Gasteiger partial charge on any atom is 0.254 e. The summed E-state index contributed by atoms with van der Waals surface area (Å²) in [6.07, 6.45) is 0. The quantitative estimate of drug-likeness (QED) is 0.491. The van der Waals surface area contributed by atoms with Gasteiger partial charge in [-0.05, 0) is 35.3 Å². The number of hydrogen-bond acceptors (Lipinski definition) is 6. The standard InChI is InChI=1S/C8H6Cl2N2O4/c9-7(13)3-1-4(8(10)14)6(12-16)5(2-3)11-15/h1-2,11-12,15-16H. The average Bonchev–Trinajstić information content (AvgIpc) is 2.26. The van der Waals surface area contributed by atoms with Crippen LogP contribution in [-0.2, 0) is 0 Å². The van der Waals surface area contributed by atoms with Gasteiger partial charge in [-0.2, -0.15) is 0 Å². The Morgan fingerprint density at radius 2 is 1.69 bits per heavy atom. The normalized spacial score (nSPS) is 9.75. The van der Waals surface area contributed by atoms with E-state index in [1.165, 1.54) is 0 Å². The first-order chi connectivity index (χ1) is 7.51. The van der Waals surface area contributed by atoms with E-state index in [0.717, 1.165) is 12.1 Å². The fourth-order valence-electron chi connectivity index (χ4n) is 1.12. The Bertz CT molecular complexity index is 450. The fourth-order valence-corrected chi connectivity index (χ4v) is 1.38. The van der Waals surface area contributed by atoms with Crippen molar-refractivity contribution < 1.29 is 20.0 Å². The molecule has 0 saturated carbocycles. The molecular formula is C8H6Cl2N2O4. The zero-order chi connectivity index (χ0) is 12.3. The fraction of sp³-hybridized carbons (Fsp3) is 0. The molecule has 0 heterocycles. The van der Waals surface area contributed by atoms with Crippen molar-refractivity contribution >= 4 is 45.1 Å². The maximum absolute atomic E-state index is 11.0. The first-order valence-corrected chi connectivity index (χ1v) is 4.64. The lowest BCUT2D eigenvalue weighted by Gasteiger charge is -2.11. The zero-order valence-corrected chi connectivity index (χ0v) is 9.13. The second-order valence-electron chi connectivity index (χ2n) is 2.72. The summed E-state index contributed by atoms with van der Waals surface area (Å²) in [5.41, 5.74) is 2.84. The monoisotopic (exact) mass is 264 g/mol. The van der Waals surface area contributed by atoms with Crippen LogP contribution in [0.5, 0.6) is 0 Å². The minimum absolute atomic E-state index is 0.0544. The number of anilines is 2. The molecule has 0 fully saturated rings. The molecule has 1 rings (SSSR count). The van der Waals surface area contributed by atoms with Gasteiger partial charge in [0, 0.05) is 5.56 Å². The molecule has 0 aliphatic heterocycles. The van der Waals surface area contributed by atoms with Crippen molar-refractivity contribution in [2.45, 2.75) is 0 Å². The number of rotatable bonds is 4. The van der Waals surface area contributed by atoms with E-state index in [0.29, 0.717) is 0 Å². The molecule has 16 heavy (non-hydrogen) atoms. The zero-order valence-electron chi connectivity index (χ0n) is 7.62. The number of carbonyl (C=O) groups is 2. The number of halogens is 2.